The Morgan fingerprint density at radius 2 is 2.26 bits per heavy atom. The lowest BCUT2D eigenvalue weighted by Gasteiger charge is -2.38. The maximum atomic E-state index is 13.0. The topological polar surface area (TPSA) is 80.9 Å². The number of amides is 1. The SMILES string of the molecule is CN1CCN(C(=O)c2cccc3cn[nH]c23)CC1c1ncc[nH]1. The Labute approximate surface area is 133 Å². The molecule has 2 aromatic heterocycles. The van der Waals surface area contributed by atoms with Crippen LogP contribution in [-0.2, 0) is 0 Å². The number of para-hydroxylation sites is 1. The summed E-state index contributed by atoms with van der Waals surface area (Å²) in [7, 11) is 2.06. The molecule has 0 spiro atoms. The predicted molar refractivity (Wildman–Crippen MR) is 86.0 cm³/mol. The van der Waals surface area contributed by atoms with Crippen molar-refractivity contribution in [3.8, 4) is 0 Å². The Kier molecular flexibility index (Phi) is 3.34. The van der Waals surface area contributed by atoms with Crippen molar-refractivity contribution in [1.29, 1.82) is 0 Å². The fourth-order valence-corrected chi connectivity index (χ4v) is 3.13. The summed E-state index contributed by atoms with van der Waals surface area (Å²) in [5.41, 5.74) is 1.47. The summed E-state index contributed by atoms with van der Waals surface area (Å²) in [6.07, 6.45) is 5.30. The van der Waals surface area contributed by atoms with E-state index >= 15 is 0 Å². The molecule has 3 heterocycles. The molecule has 1 saturated heterocycles. The first-order valence-electron chi connectivity index (χ1n) is 7.65. The molecular formula is C16H18N6O. The van der Waals surface area contributed by atoms with Gasteiger partial charge in [-0.1, -0.05) is 12.1 Å². The first-order chi connectivity index (χ1) is 11.2. The van der Waals surface area contributed by atoms with E-state index in [9.17, 15) is 4.79 Å². The summed E-state index contributed by atoms with van der Waals surface area (Å²) in [6.45, 7) is 2.14. The minimum Gasteiger partial charge on any atom is -0.347 e. The van der Waals surface area contributed by atoms with Crippen molar-refractivity contribution in [3.05, 3.63) is 48.2 Å². The molecule has 118 valence electrons. The first-order valence-corrected chi connectivity index (χ1v) is 7.65. The van der Waals surface area contributed by atoms with Crippen LogP contribution in [-0.4, -0.2) is 62.6 Å². The average Bonchev–Trinajstić information content (AvgIpc) is 3.25. The first kappa shape index (κ1) is 14.0. The molecule has 4 rings (SSSR count). The number of likely N-dealkylation sites (N-methyl/N-ethyl adjacent to an activating group) is 1. The minimum atomic E-state index is 0.0320. The van der Waals surface area contributed by atoms with Gasteiger partial charge in [-0.3, -0.25) is 14.8 Å². The number of hydrogen-bond acceptors (Lipinski definition) is 4. The number of aromatic nitrogens is 4. The van der Waals surface area contributed by atoms with Gasteiger partial charge in [0.2, 0.25) is 0 Å². The number of hydrogen-bond donors (Lipinski definition) is 2. The highest BCUT2D eigenvalue weighted by molar-refractivity contribution is 6.05. The number of aromatic amines is 2. The van der Waals surface area contributed by atoms with Crippen LogP contribution in [0, 0.1) is 0 Å². The summed E-state index contributed by atoms with van der Waals surface area (Å²) in [6, 6.07) is 5.78. The molecule has 0 aliphatic carbocycles. The number of carbonyl (C=O) groups is 1. The summed E-state index contributed by atoms with van der Waals surface area (Å²) >= 11 is 0. The molecular weight excluding hydrogens is 292 g/mol. The molecule has 1 amide bonds. The van der Waals surface area contributed by atoms with Crippen LogP contribution in [0.2, 0.25) is 0 Å². The third kappa shape index (κ3) is 2.39. The molecule has 1 aliphatic rings. The zero-order chi connectivity index (χ0) is 15.8. The van der Waals surface area contributed by atoms with Gasteiger partial charge in [-0.2, -0.15) is 5.10 Å². The molecule has 1 atom stereocenters. The van der Waals surface area contributed by atoms with Crippen LogP contribution in [0.5, 0.6) is 0 Å². The van der Waals surface area contributed by atoms with E-state index < -0.39 is 0 Å². The third-order valence-electron chi connectivity index (χ3n) is 4.48. The highest BCUT2D eigenvalue weighted by atomic mass is 16.2. The van der Waals surface area contributed by atoms with E-state index in [2.05, 4.69) is 32.1 Å². The molecule has 0 bridgehead atoms. The second kappa shape index (κ2) is 5.51. The standard InChI is InChI=1S/C16H18N6O/c1-21-7-8-22(10-13(21)15-17-5-6-18-15)16(23)12-4-2-3-11-9-19-20-14(11)12/h2-6,9,13H,7-8,10H2,1H3,(H,17,18)(H,19,20). The van der Waals surface area contributed by atoms with E-state index in [-0.39, 0.29) is 11.9 Å². The van der Waals surface area contributed by atoms with Gasteiger partial charge in [0.15, 0.2) is 0 Å². The maximum absolute atomic E-state index is 13.0. The second-order valence-corrected chi connectivity index (χ2v) is 5.86. The molecule has 0 radical (unpaired) electrons. The summed E-state index contributed by atoms with van der Waals surface area (Å²) in [4.78, 5) is 24.6. The summed E-state index contributed by atoms with van der Waals surface area (Å²) in [5, 5.41) is 7.92. The average molecular weight is 310 g/mol. The predicted octanol–water partition coefficient (Wildman–Crippen LogP) is 1.41. The number of piperazine rings is 1. The van der Waals surface area contributed by atoms with Crippen LogP contribution in [0.15, 0.2) is 36.8 Å². The Bertz CT molecular complexity index is 824. The zero-order valence-corrected chi connectivity index (χ0v) is 12.9. The number of fused-ring (bicyclic) bond motifs is 1. The van der Waals surface area contributed by atoms with Crippen molar-refractivity contribution in [2.75, 3.05) is 26.7 Å². The van der Waals surface area contributed by atoms with Gasteiger partial charge < -0.3 is 9.88 Å². The summed E-state index contributed by atoms with van der Waals surface area (Å²) < 4.78 is 0. The molecule has 1 fully saturated rings. The number of imidazole rings is 1. The Morgan fingerprint density at radius 3 is 3.09 bits per heavy atom. The number of H-pyrrole nitrogens is 2. The zero-order valence-electron chi connectivity index (χ0n) is 12.9. The van der Waals surface area contributed by atoms with E-state index in [4.69, 9.17) is 0 Å². The van der Waals surface area contributed by atoms with Crippen molar-refractivity contribution in [1.82, 2.24) is 30.0 Å². The van der Waals surface area contributed by atoms with Crippen molar-refractivity contribution in [2.24, 2.45) is 0 Å². The second-order valence-electron chi connectivity index (χ2n) is 5.86. The molecule has 1 unspecified atom stereocenters. The van der Waals surface area contributed by atoms with Crippen LogP contribution in [0.25, 0.3) is 10.9 Å². The number of nitrogens with zero attached hydrogens (tertiary/aromatic N) is 4. The van der Waals surface area contributed by atoms with Gasteiger partial charge in [0.1, 0.15) is 5.82 Å². The Balaban J connectivity index is 1.62. The van der Waals surface area contributed by atoms with Crippen LogP contribution in [0.3, 0.4) is 0 Å². The lowest BCUT2D eigenvalue weighted by molar-refractivity contribution is 0.0536. The quantitative estimate of drug-likeness (QED) is 0.750. The van der Waals surface area contributed by atoms with Gasteiger partial charge >= 0.3 is 0 Å². The number of nitrogens with one attached hydrogen (secondary N) is 2. The molecule has 7 heteroatoms. The minimum absolute atomic E-state index is 0.0320. The van der Waals surface area contributed by atoms with Crippen LogP contribution >= 0.6 is 0 Å². The molecule has 1 aromatic carbocycles. The fourth-order valence-electron chi connectivity index (χ4n) is 3.13. The maximum Gasteiger partial charge on any atom is 0.256 e. The van der Waals surface area contributed by atoms with E-state index in [1.807, 2.05) is 29.3 Å². The normalized spacial score (nSPS) is 19.3. The monoisotopic (exact) mass is 310 g/mol. The van der Waals surface area contributed by atoms with Gasteiger partial charge in [-0.25, -0.2) is 4.98 Å². The molecule has 2 N–H and O–H groups in total. The van der Waals surface area contributed by atoms with E-state index in [0.29, 0.717) is 18.7 Å². The Morgan fingerprint density at radius 1 is 1.35 bits per heavy atom. The highest BCUT2D eigenvalue weighted by Crippen LogP contribution is 2.24. The molecule has 0 saturated carbocycles. The van der Waals surface area contributed by atoms with Gasteiger partial charge in [0, 0.05) is 37.4 Å². The lowest BCUT2D eigenvalue weighted by atomic mass is 10.1. The van der Waals surface area contributed by atoms with Crippen LogP contribution in [0.4, 0.5) is 0 Å². The molecule has 3 aromatic rings. The molecule has 1 aliphatic heterocycles. The van der Waals surface area contributed by atoms with Crippen LogP contribution in [0.1, 0.15) is 22.2 Å². The van der Waals surface area contributed by atoms with Gasteiger partial charge in [-0.15, -0.1) is 0 Å². The Hall–Kier alpha value is -2.67. The fraction of sp³-hybridized carbons (Fsp3) is 0.312. The molecule has 23 heavy (non-hydrogen) atoms. The van der Waals surface area contributed by atoms with Gasteiger partial charge in [-0.05, 0) is 13.1 Å². The van der Waals surface area contributed by atoms with E-state index in [0.717, 1.165) is 23.3 Å². The van der Waals surface area contributed by atoms with Gasteiger partial charge in [0.25, 0.3) is 5.91 Å². The van der Waals surface area contributed by atoms with Gasteiger partial charge in [0.05, 0.1) is 23.3 Å². The smallest absolute Gasteiger partial charge is 0.256 e. The number of carbonyl (C=O) groups excluding carboxylic acids is 1. The summed E-state index contributed by atoms with van der Waals surface area (Å²) in [5.74, 6) is 0.925. The van der Waals surface area contributed by atoms with E-state index in [1.165, 1.54) is 0 Å². The molecule has 7 nitrogen and oxygen atoms in total. The number of rotatable bonds is 2. The van der Waals surface area contributed by atoms with Crippen molar-refractivity contribution >= 4 is 16.8 Å². The van der Waals surface area contributed by atoms with Crippen LogP contribution < -0.4 is 0 Å². The largest absolute Gasteiger partial charge is 0.347 e. The third-order valence-corrected chi connectivity index (χ3v) is 4.48. The van der Waals surface area contributed by atoms with Crippen molar-refractivity contribution in [3.63, 3.8) is 0 Å². The lowest BCUT2D eigenvalue weighted by Crippen LogP contribution is -2.49. The highest BCUT2D eigenvalue weighted by Gasteiger charge is 2.31. The van der Waals surface area contributed by atoms with E-state index in [1.54, 1.807) is 12.4 Å². The van der Waals surface area contributed by atoms with Crippen molar-refractivity contribution in [2.45, 2.75) is 6.04 Å². The van der Waals surface area contributed by atoms with Crippen molar-refractivity contribution < 1.29 is 4.79 Å². The number of benzene rings is 1.